The van der Waals surface area contributed by atoms with Gasteiger partial charge < -0.3 is 0 Å². The van der Waals surface area contributed by atoms with Crippen LogP contribution in [0.3, 0.4) is 0 Å². The molecule has 0 unspecified atom stereocenters. The monoisotopic (exact) mass is 237 g/mol. The standard InChI is InChI=1S/C15H15N3/c1-4-14-13(8-9-16-15(14)5-2)7-6-12-10-17-18(3)11-12/h4-5,8-11H,1-3H3. The molecule has 2 heterocycles. The molecule has 0 fully saturated rings. The van der Waals surface area contributed by atoms with E-state index in [1.54, 1.807) is 17.1 Å². The molecule has 0 aliphatic carbocycles. The minimum absolute atomic E-state index is 0.915. The van der Waals surface area contributed by atoms with Gasteiger partial charge in [-0.05, 0) is 19.9 Å². The van der Waals surface area contributed by atoms with Crippen molar-refractivity contribution >= 4 is 12.2 Å². The normalized spacial score (nSPS) is 12.4. The topological polar surface area (TPSA) is 30.7 Å². The van der Waals surface area contributed by atoms with Crippen molar-refractivity contribution in [3.8, 4) is 11.8 Å². The second-order valence-electron chi connectivity index (χ2n) is 3.89. The average Bonchev–Trinajstić information content (AvgIpc) is 2.81. The average molecular weight is 237 g/mol. The Hall–Kier alpha value is -2.34. The molecule has 18 heavy (non-hydrogen) atoms. The maximum absolute atomic E-state index is 4.32. The first kappa shape index (κ1) is 12.1. The Labute approximate surface area is 106 Å². The van der Waals surface area contributed by atoms with E-state index in [9.17, 15) is 0 Å². The number of rotatable bonds is 0. The van der Waals surface area contributed by atoms with Gasteiger partial charge in [0.25, 0.3) is 0 Å². The molecule has 2 rings (SSSR count). The van der Waals surface area contributed by atoms with Gasteiger partial charge in [0, 0.05) is 30.2 Å². The van der Waals surface area contributed by atoms with Gasteiger partial charge in [0.05, 0.1) is 17.1 Å². The van der Waals surface area contributed by atoms with Crippen LogP contribution in [0.4, 0.5) is 0 Å². The highest BCUT2D eigenvalue weighted by Crippen LogP contribution is 1.93. The Bertz CT molecular complexity index is 727. The van der Waals surface area contributed by atoms with E-state index >= 15 is 0 Å². The summed E-state index contributed by atoms with van der Waals surface area (Å²) in [7, 11) is 1.88. The van der Waals surface area contributed by atoms with Gasteiger partial charge in [-0.3, -0.25) is 9.67 Å². The van der Waals surface area contributed by atoms with E-state index < -0.39 is 0 Å². The highest BCUT2D eigenvalue weighted by molar-refractivity contribution is 5.44. The molecular formula is C15H15N3. The van der Waals surface area contributed by atoms with Crippen molar-refractivity contribution in [3.05, 3.63) is 46.4 Å². The van der Waals surface area contributed by atoms with Gasteiger partial charge >= 0.3 is 0 Å². The van der Waals surface area contributed by atoms with Gasteiger partial charge in [-0.1, -0.05) is 24.0 Å². The van der Waals surface area contributed by atoms with Crippen LogP contribution in [-0.2, 0) is 7.05 Å². The van der Waals surface area contributed by atoms with Crippen LogP contribution in [0.5, 0.6) is 0 Å². The smallest absolute Gasteiger partial charge is 0.0668 e. The first-order valence-electron chi connectivity index (χ1n) is 5.83. The molecule has 0 N–H and O–H groups in total. The van der Waals surface area contributed by atoms with Crippen molar-refractivity contribution < 1.29 is 0 Å². The Morgan fingerprint density at radius 1 is 1.22 bits per heavy atom. The van der Waals surface area contributed by atoms with Crippen molar-refractivity contribution in [1.29, 1.82) is 0 Å². The zero-order chi connectivity index (χ0) is 13.0. The van der Waals surface area contributed by atoms with Crippen LogP contribution < -0.4 is 10.6 Å². The zero-order valence-electron chi connectivity index (χ0n) is 10.8. The number of aryl methyl sites for hydroxylation is 1. The fraction of sp³-hybridized carbons (Fsp3) is 0.200. The maximum atomic E-state index is 4.32. The van der Waals surface area contributed by atoms with Crippen molar-refractivity contribution in [2.24, 2.45) is 7.05 Å². The molecule has 0 aliphatic rings. The number of hydrogen-bond acceptors (Lipinski definition) is 2. The third-order valence-corrected chi connectivity index (χ3v) is 2.63. The van der Waals surface area contributed by atoms with E-state index in [2.05, 4.69) is 21.9 Å². The maximum Gasteiger partial charge on any atom is 0.0668 e. The number of hydrogen-bond donors (Lipinski definition) is 0. The quantitative estimate of drug-likeness (QED) is 0.635. The molecule has 3 heteroatoms. The molecular weight excluding hydrogens is 222 g/mol. The fourth-order valence-corrected chi connectivity index (χ4v) is 1.76. The minimum atomic E-state index is 0.915. The van der Waals surface area contributed by atoms with Crippen molar-refractivity contribution in [3.63, 3.8) is 0 Å². The van der Waals surface area contributed by atoms with E-state index in [0.29, 0.717) is 0 Å². The predicted octanol–water partition coefficient (Wildman–Crippen LogP) is 0.816. The number of pyridine rings is 1. The summed E-state index contributed by atoms with van der Waals surface area (Å²) in [5, 5.41) is 6.14. The summed E-state index contributed by atoms with van der Waals surface area (Å²) >= 11 is 0. The van der Waals surface area contributed by atoms with Gasteiger partial charge in [0.2, 0.25) is 0 Å². The lowest BCUT2D eigenvalue weighted by Gasteiger charge is -1.93. The Morgan fingerprint density at radius 3 is 2.67 bits per heavy atom. The Balaban J connectivity index is 2.52. The SMILES string of the molecule is CC=c1nccc(C#Cc2cnn(C)c2)c1=CC. The first-order chi connectivity index (χ1) is 8.74. The first-order valence-corrected chi connectivity index (χ1v) is 5.83. The molecule has 90 valence electrons. The highest BCUT2D eigenvalue weighted by Gasteiger charge is 1.93. The Kier molecular flexibility index (Phi) is 3.59. The summed E-state index contributed by atoms with van der Waals surface area (Å²) in [5.41, 5.74) is 1.91. The molecule has 0 bridgehead atoms. The molecule has 0 saturated heterocycles. The van der Waals surface area contributed by atoms with Gasteiger partial charge in [0.1, 0.15) is 0 Å². The Morgan fingerprint density at radius 2 is 2.06 bits per heavy atom. The van der Waals surface area contributed by atoms with Crippen LogP contribution in [0.2, 0.25) is 0 Å². The third-order valence-electron chi connectivity index (χ3n) is 2.63. The lowest BCUT2D eigenvalue weighted by molar-refractivity contribution is 0.767. The molecule has 0 spiro atoms. The summed E-state index contributed by atoms with van der Waals surface area (Å²) in [6.07, 6.45) is 9.47. The molecule has 0 atom stereocenters. The third kappa shape index (κ3) is 2.49. The van der Waals surface area contributed by atoms with Crippen LogP contribution in [0.25, 0.3) is 12.2 Å². The molecule has 0 amide bonds. The van der Waals surface area contributed by atoms with Crippen LogP contribution in [-0.4, -0.2) is 14.8 Å². The summed E-state index contributed by atoms with van der Waals surface area (Å²) < 4.78 is 1.74. The zero-order valence-corrected chi connectivity index (χ0v) is 10.8. The number of nitrogens with zero attached hydrogens (tertiary/aromatic N) is 3. The van der Waals surface area contributed by atoms with Crippen LogP contribution in [0.1, 0.15) is 25.0 Å². The van der Waals surface area contributed by atoms with Gasteiger partial charge in [-0.25, -0.2) is 0 Å². The summed E-state index contributed by atoms with van der Waals surface area (Å²) in [6, 6.07) is 1.94. The lowest BCUT2D eigenvalue weighted by atomic mass is 10.2. The van der Waals surface area contributed by atoms with Gasteiger partial charge in [-0.15, -0.1) is 0 Å². The summed E-state index contributed by atoms with van der Waals surface area (Å²) in [6.45, 7) is 3.98. The van der Waals surface area contributed by atoms with E-state index in [1.807, 2.05) is 45.3 Å². The second kappa shape index (κ2) is 5.33. The largest absolute Gasteiger partial charge is 0.275 e. The van der Waals surface area contributed by atoms with E-state index in [1.165, 1.54) is 0 Å². The second-order valence-corrected chi connectivity index (χ2v) is 3.89. The predicted molar refractivity (Wildman–Crippen MR) is 73.0 cm³/mol. The molecule has 3 nitrogen and oxygen atoms in total. The van der Waals surface area contributed by atoms with Crippen molar-refractivity contribution in [1.82, 2.24) is 14.8 Å². The van der Waals surface area contributed by atoms with E-state index in [-0.39, 0.29) is 0 Å². The molecule has 2 aromatic heterocycles. The highest BCUT2D eigenvalue weighted by atomic mass is 15.2. The van der Waals surface area contributed by atoms with Crippen LogP contribution >= 0.6 is 0 Å². The lowest BCUT2D eigenvalue weighted by Crippen LogP contribution is -2.29. The molecule has 2 aromatic rings. The van der Waals surface area contributed by atoms with Gasteiger partial charge in [-0.2, -0.15) is 5.10 Å². The molecule has 0 radical (unpaired) electrons. The fourth-order valence-electron chi connectivity index (χ4n) is 1.76. The van der Waals surface area contributed by atoms with E-state index in [0.717, 1.165) is 21.7 Å². The van der Waals surface area contributed by atoms with E-state index in [4.69, 9.17) is 0 Å². The summed E-state index contributed by atoms with van der Waals surface area (Å²) in [5.74, 6) is 6.29. The van der Waals surface area contributed by atoms with Crippen molar-refractivity contribution in [2.45, 2.75) is 13.8 Å². The summed E-state index contributed by atoms with van der Waals surface area (Å²) in [4.78, 5) is 4.32. The number of aromatic nitrogens is 3. The van der Waals surface area contributed by atoms with Crippen LogP contribution in [0.15, 0.2) is 24.7 Å². The molecule has 0 saturated carbocycles. The van der Waals surface area contributed by atoms with Gasteiger partial charge in [0.15, 0.2) is 0 Å². The van der Waals surface area contributed by atoms with Crippen LogP contribution in [0, 0.1) is 11.8 Å². The minimum Gasteiger partial charge on any atom is -0.275 e. The van der Waals surface area contributed by atoms with Crippen molar-refractivity contribution in [2.75, 3.05) is 0 Å². The molecule has 0 aliphatic heterocycles. The molecule has 0 aromatic carbocycles.